The molecule has 25 heavy (non-hydrogen) atoms. The van der Waals surface area contributed by atoms with Crippen molar-refractivity contribution in [1.82, 2.24) is 5.32 Å². The maximum Gasteiger partial charge on any atom is 0.224 e. The van der Waals surface area contributed by atoms with Crippen molar-refractivity contribution < 1.29 is 13.2 Å². The molecule has 0 radical (unpaired) electrons. The molecule has 0 saturated carbocycles. The number of amides is 1. The molecule has 3 rings (SSSR count). The zero-order chi connectivity index (χ0) is 18.0. The summed E-state index contributed by atoms with van der Waals surface area (Å²) >= 11 is 1.59. The molecule has 1 fully saturated rings. The molecule has 6 heteroatoms. The number of carbonyl (C=O) groups excluding carboxylic acids is 1. The van der Waals surface area contributed by atoms with Gasteiger partial charge in [-0.15, -0.1) is 11.3 Å². The molecular weight excluding hydrogens is 354 g/mol. The molecule has 1 aliphatic rings. The molecule has 0 unspecified atom stereocenters. The summed E-state index contributed by atoms with van der Waals surface area (Å²) in [5.74, 6) is -0.0949. The van der Waals surface area contributed by atoms with Crippen LogP contribution in [-0.2, 0) is 14.6 Å². The van der Waals surface area contributed by atoms with Crippen molar-refractivity contribution in [2.75, 3.05) is 11.5 Å². The molecule has 1 aliphatic heterocycles. The first-order valence-electron chi connectivity index (χ1n) is 8.50. The van der Waals surface area contributed by atoms with Gasteiger partial charge < -0.3 is 5.32 Å². The normalized spacial score (nSPS) is 20.5. The summed E-state index contributed by atoms with van der Waals surface area (Å²) in [7, 11) is -3.07. The Balaban J connectivity index is 1.82. The number of carbonyl (C=O) groups is 1. The Kier molecular flexibility index (Phi) is 5.29. The topological polar surface area (TPSA) is 63.2 Å². The fourth-order valence-corrected chi connectivity index (χ4v) is 5.65. The Labute approximate surface area is 153 Å². The van der Waals surface area contributed by atoms with Crippen LogP contribution in [-0.4, -0.2) is 25.8 Å². The number of nitrogens with one attached hydrogen (secondary N) is 1. The van der Waals surface area contributed by atoms with E-state index in [9.17, 15) is 13.2 Å². The van der Waals surface area contributed by atoms with E-state index in [1.807, 2.05) is 29.6 Å². The number of rotatable bonds is 5. The summed E-state index contributed by atoms with van der Waals surface area (Å²) in [6, 6.07) is 12.0. The first-order valence-corrected chi connectivity index (χ1v) is 11.2. The molecule has 2 heterocycles. The lowest BCUT2D eigenvalue weighted by molar-refractivity contribution is -0.124. The quantitative estimate of drug-likeness (QED) is 0.867. The maximum absolute atomic E-state index is 12.6. The van der Waals surface area contributed by atoms with Crippen LogP contribution < -0.4 is 5.32 Å². The van der Waals surface area contributed by atoms with Crippen molar-refractivity contribution in [3.8, 4) is 0 Å². The van der Waals surface area contributed by atoms with Crippen molar-refractivity contribution in [3.05, 3.63) is 57.8 Å². The molecule has 4 nitrogen and oxygen atoms in total. The van der Waals surface area contributed by atoms with Gasteiger partial charge in [0.1, 0.15) is 0 Å². The van der Waals surface area contributed by atoms with Crippen LogP contribution in [0, 0.1) is 5.92 Å². The Morgan fingerprint density at radius 1 is 1.16 bits per heavy atom. The van der Waals surface area contributed by atoms with Crippen LogP contribution in [0.25, 0.3) is 0 Å². The van der Waals surface area contributed by atoms with E-state index in [2.05, 4.69) is 31.3 Å². The van der Waals surface area contributed by atoms with E-state index < -0.39 is 15.8 Å². The van der Waals surface area contributed by atoms with Gasteiger partial charge in [-0.25, -0.2) is 8.42 Å². The maximum atomic E-state index is 12.6. The molecule has 1 saturated heterocycles. The minimum atomic E-state index is -3.07. The molecule has 0 aliphatic carbocycles. The van der Waals surface area contributed by atoms with Gasteiger partial charge in [0, 0.05) is 4.88 Å². The van der Waals surface area contributed by atoms with E-state index in [4.69, 9.17) is 0 Å². The lowest BCUT2D eigenvalue weighted by atomic mass is 9.98. The highest BCUT2D eigenvalue weighted by Gasteiger charge is 2.34. The second-order valence-electron chi connectivity index (χ2n) is 6.88. The third kappa shape index (κ3) is 4.30. The summed E-state index contributed by atoms with van der Waals surface area (Å²) in [5, 5.41) is 5.05. The smallest absolute Gasteiger partial charge is 0.224 e. The molecule has 1 aromatic heterocycles. The van der Waals surface area contributed by atoms with Crippen LogP contribution in [0.15, 0.2) is 41.8 Å². The first kappa shape index (κ1) is 18.1. The Hall–Kier alpha value is -1.66. The molecule has 2 atom stereocenters. The Morgan fingerprint density at radius 3 is 2.36 bits per heavy atom. The van der Waals surface area contributed by atoms with E-state index in [1.54, 1.807) is 11.3 Å². The van der Waals surface area contributed by atoms with Crippen molar-refractivity contribution in [3.63, 3.8) is 0 Å². The highest BCUT2D eigenvalue weighted by molar-refractivity contribution is 7.91. The second kappa shape index (κ2) is 7.30. The molecule has 1 N–H and O–H groups in total. The van der Waals surface area contributed by atoms with Crippen molar-refractivity contribution in [2.24, 2.45) is 5.92 Å². The van der Waals surface area contributed by atoms with Crippen molar-refractivity contribution in [1.29, 1.82) is 0 Å². The highest BCUT2D eigenvalue weighted by Crippen LogP contribution is 2.29. The molecule has 2 aromatic rings. The lowest BCUT2D eigenvalue weighted by Gasteiger charge is -2.20. The lowest BCUT2D eigenvalue weighted by Crippen LogP contribution is -2.34. The van der Waals surface area contributed by atoms with Gasteiger partial charge in [0.05, 0.1) is 23.5 Å². The van der Waals surface area contributed by atoms with E-state index in [1.165, 1.54) is 5.56 Å². The molecule has 1 aromatic carbocycles. The van der Waals surface area contributed by atoms with Gasteiger partial charge in [-0.3, -0.25) is 4.79 Å². The van der Waals surface area contributed by atoms with Gasteiger partial charge in [0.25, 0.3) is 0 Å². The first-order chi connectivity index (χ1) is 11.9. The monoisotopic (exact) mass is 377 g/mol. The predicted octanol–water partition coefficient (Wildman–Crippen LogP) is 3.51. The van der Waals surface area contributed by atoms with E-state index in [-0.39, 0.29) is 23.5 Å². The van der Waals surface area contributed by atoms with Gasteiger partial charge in [0.15, 0.2) is 9.84 Å². The van der Waals surface area contributed by atoms with Crippen LogP contribution in [0.3, 0.4) is 0 Å². The second-order valence-corrected chi connectivity index (χ2v) is 10.1. The Bertz CT molecular complexity index is 824. The van der Waals surface area contributed by atoms with Crippen molar-refractivity contribution in [2.45, 2.75) is 32.2 Å². The average molecular weight is 378 g/mol. The molecule has 1 amide bonds. The summed E-state index contributed by atoms with van der Waals surface area (Å²) in [4.78, 5) is 13.7. The van der Waals surface area contributed by atoms with Gasteiger partial charge >= 0.3 is 0 Å². The number of hydrogen-bond acceptors (Lipinski definition) is 4. The minimum absolute atomic E-state index is 0.0394. The fraction of sp³-hybridized carbons (Fsp3) is 0.421. The molecule has 134 valence electrons. The van der Waals surface area contributed by atoms with E-state index in [0.717, 1.165) is 10.4 Å². The number of hydrogen-bond donors (Lipinski definition) is 1. The van der Waals surface area contributed by atoms with Gasteiger partial charge in [-0.1, -0.05) is 44.2 Å². The SMILES string of the molecule is CC(C)c1ccc([C@@H](NC(=O)[C@@H]2CCS(=O)(=O)C2)c2cccs2)cc1. The zero-order valence-corrected chi connectivity index (χ0v) is 16.1. The standard InChI is InChI=1S/C19H23NO3S2/c1-13(2)14-5-7-15(8-6-14)18(17-4-3-10-24-17)20-19(21)16-9-11-25(22,23)12-16/h3-8,10,13,16,18H,9,11-12H2,1-2H3,(H,20,21)/t16-,18-/m1/s1. The number of thiophene rings is 1. The predicted molar refractivity (Wildman–Crippen MR) is 102 cm³/mol. The van der Waals surface area contributed by atoms with E-state index >= 15 is 0 Å². The van der Waals surface area contributed by atoms with Crippen LogP contribution in [0.5, 0.6) is 0 Å². The molecule has 0 bridgehead atoms. The van der Waals surface area contributed by atoms with Gasteiger partial charge in [-0.2, -0.15) is 0 Å². The summed E-state index contributed by atoms with van der Waals surface area (Å²) in [6.45, 7) is 4.29. The van der Waals surface area contributed by atoms with Crippen LogP contribution in [0.1, 0.15) is 48.2 Å². The molecular formula is C19H23NO3S2. The number of benzene rings is 1. The minimum Gasteiger partial charge on any atom is -0.344 e. The van der Waals surface area contributed by atoms with Crippen LogP contribution in [0.4, 0.5) is 0 Å². The van der Waals surface area contributed by atoms with Crippen LogP contribution >= 0.6 is 11.3 Å². The third-order valence-corrected chi connectivity index (χ3v) is 7.36. The van der Waals surface area contributed by atoms with Crippen LogP contribution in [0.2, 0.25) is 0 Å². The number of sulfone groups is 1. The van der Waals surface area contributed by atoms with Crippen molar-refractivity contribution >= 4 is 27.1 Å². The summed E-state index contributed by atoms with van der Waals surface area (Å²) in [5.41, 5.74) is 2.27. The van der Waals surface area contributed by atoms with E-state index in [0.29, 0.717) is 12.3 Å². The summed E-state index contributed by atoms with van der Waals surface area (Å²) < 4.78 is 23.3. The Morgan fingerprint density at radius 2 is 1.84 bits per heavy atom. The fourth-order valence-electron chi connectivity index (χ4n) is 3.11. The van der Waals surface area contributed by atoms with Gasteiger partial charge in [-0.05, 0) is 34.9 Å². The highest BCUT2D eigenvalue weighted by atomic mass is 32.2. The summed E-state index contributed by atoms with van der Waals surface area (Å²) in [6.07, 6.45) is 0.414. The molecule has 0 spiro atoms. The van der Waals surface area contributed by atoms with Gasteiger partial charge in [0.2, 0.25) is 5.91 Å². The largest absolute Gasteiger partial charge is 0.344 e. The average Bonchev–Trinajstić information content (AvgIpc) is 3.22. The third-order valence-electron chi connectivity index (χ3n) is 4.65. The zero-order valence-electron chi connectivity index (χ0n) is 14.4.